The molecule has 0 aromatic heterocycles. The van der Waals surface area contributed by atoms with E-state index in [4.69, 9.17) is 16.3 Å². The van der Waals surface area contributed by atoms with E-state index in [-0.39, 0.29) is 11.2 Å². The maximum Gasteiger partial charge on any atom is 0.123 e. The van der Waals surface area contributed by atoms with Gasteiger partial charge in [0, 0.05) is 0 Å². The zero-order valence-electron chi connectivity index (χ0n) is 11.1. The number of hydrogen-bond acceptors (Lipinski definition) is 1. The van der Waals surface area contributed by atoms with E-state index in [9.17, 15) is 4.39 Å². The normalized spacial score (nSPS) is 15.3. The molecule has 0 bridgehead atoms. The van der Waals surface area contributed by atoms with E-state index in [1.54, 1.807) is 12.1 Å². The van der Waals surface area contributed by atoms with Crippen molar-refractivity contribution >= 4 is 11.6 Å². The van der Waals surface area contributed by atoms with Gasteiger partial charge in [0.1, 0.15) is 11.6 Å². The van der Waals surface area contributed by atoms with E-state index in [0.717, 1.165) is 36.3 Å². The van der Waals surface area contributed by atoms with Gasteiger partial charge in [0.2, 0.25) is 0 Å². The first-order chi connectivity index (χ1) is 9.72. The quantitative estimate of drug-likeness (QED) is 0.746. The molecule has 0 amide bonds. The molecule has 1 aliphatic heterocycles. The molecule has 0 saturated heterocycles. The average Bonchev–Trinajstić information content (AvgIpc) is 2.49. The summed E-state index contributed by atoms with van der Waals surface area (Å²) in [4.78, 5) is 0. The van der Waals surface area contributed by atoms with Crippen LogP contribution < -0.4 is 4.74 Å². The Balaban J connectivity index is 1.76. The largest absolute Gasteiger partial charge is 0.493 e. The molecular formula is C17H16ClFO. The first kappa shape index (κ1) is 13.4. The minimum atomic E-state index is -0.217. The van der Waals surface area contributed by atoms with E-state index in [1.807, 2.05) is 12.1 Å². The molecule has 3 rings (SSSR count). The Morgan fingerprint density at radius 1 is 1.15 bits per heavy atom. The monoisotopic (exact) mass is 290 g/mol. The van der Waals surface area contributed by atoms with Crippen molar-refractivity contribution in [1.29, 1.82) is 0 Å². The number of fused-ring (bicyclic) bond motifs is 1. The van der Waals surface area contributed by atoms with Gasteiger partial charge in [0.25, 0.3) is 0 Å². The summed E-state index contributed by atoms with van der Waals surface area (Å²) in [6.07, 6.45) is 2.80. The summed E-state index contributed by atoms with van der Waals surface area (Å²) >= 11 is 6.49. The van der Waals surface area contributed by atoms with Crippen molar-refractivity contribution in [3.05, 3.63) is 65.0 Å². The topological polar surface area (TPSA) is 9.23 Å². The minimum absolute atomic E-state index is 0.104. The molecule has 0 fully saturated rings. The number of rotatable bonds is 3. The molecule has 2 aromatic carbocycles. The SMILES string of the molecule is Fc1ccc(CC(Cl)c2ccc3c(c2)CCCO3)cc1. The molecule has 1 aliphatic rings. The van der Waals surface area contributed by atoms with Crippen molar-refractivity contribution in [2.75, 3.05) is 6.61 Å². The van der Waals surface area contributed by atoms with E-state index in [2.05, 4.69) is 6.07 Å². The molecule has 20 heavy (non-hydrogen) atoms. The number of aryl methyl sites for hydroxylation is 1. The summed E-state index contributed by atoms with van der Waals surface area (Å²) in [5.74, 6) is 0.761. The van der Waals surface area contributed by atoms with Crippen LogP contribution in [0.25, 0.3) is 0 Å². The van der Waals surface area contributed by atoms with Gasteiger partial charge in [-0.2, -0.15) is 0 Å². The number of ether oxygens (including phenoxy) is 1. The maximum atomic E-state index is 12.9. The van der Waals surface area contributed by atoms with Gasteiger partial charge in [-0.25, -0.2) is 4.39 Å². The molecular weight excluding hydrogens is 275 g/mol. The fourth-order valence-electron chi connectivity index (χ4n) is 2.52. The lowest BCUT2D eigenvalue weighted by atomic mass is 9.99. The third kappa shape index (κ3) is 2.96. The zero-order valence-corrected chi connectivity index (χ0v) is 11.9. The van der Waals surface area contributed by atoms with Crippen LogP contribution in [0.3, 0.4) is 0 Å². The van der Waals surface area contributed by atoms with Crippen molar-refractivity contribution in [1.82, 2.24) is 0 Å². The van der Waals surface area contributed by atoms with Crippen molar-refractivity contribution in [3.63, 3.8) is 0 Å². The standard InChI is InChI=1S/C17H16ClFO/c18-16(10-12-3-6-15(19)7-4-12)13-5-8-17-14(11-13)2-1-9-20-17/h3-8,11,16H,1-2,9-10H2. The second-order valence-electron chi connectivity index (χ2n) is 5.12. The number of benzene rings is 2. The third-order valence-corrected chi connectivity index (χ3v) is 4.03. The van der Waals surface area contributed by atoms with E-state index < -0.39 is 0 Å². The number of hydrogen-bond donors (Lipinski definition) is 0. The van der Waals surface area contributed by atoms with Gasteiger partial charge in [0.15, 0.2) is 0 Å². The highest BCUT2D eigenvalue weighted by Gasteiger charge is 2.15. The van der Waals surface area contributed by atoms with Crippen LogP contribution in [-0.4, -0.2) is 6.61 Å². The average molecular weight is 291 g/mol. The van der Waals surface area contributed by atoms with Gasteiger partial charge in [0.05, 0.1) is 12.0 Å². The van der Waals surface area contributed by atoms with Gasteiger partial charge in [-0.1, -0.05) is 24.3 Å². The lowest BCUT2D eigenvalue weighted by molar-refractivity contribution is 0.288. The van der Waals surface area contributed by atoms with Gasteiger partial charge in [-0.15, -0.1) is 11.6 Å². The minimum Gasteiger partial charge on any atom is -0.493 e. The van der Waals surface area contributed by atoms with Gasteiger partial charge >= 0.3 is 0 Å². The number of halogens is 2. The molecule has 1 unspecified atom stereocenters. The van der Waals surface area contributed by atoms with Gasteiger partial charge in [-0.3, -0.25) is 0 Å². The van der Waals surface area contributed by atoms with E-state index >= 15 is 0 Å². The van der Waals surface area contributed by atoms with Crippen LogP contribution in [-0.2, 0) is 12.8 Å². The zero-order chi connectivity index (χ0) is 13.9. The fourth-order valence-corrected chi connectivity index (χ4v) is 2.83. The highest BCUT2D eigenvalue weighted by atomic mass is 35.5. The molecule has 1 atom stereocenters. The Labute approximate surface area is 123 Å². The molecule has 0 radical (unpaired) electrons. The maximum absolute atomic E-state index is 12.9. The Morgan fingerprint density at radius 3 is 2.75 bits per heavy atom. The summed E-state index contributed by atoms with van der Waals surface area (Å²) < 4.78 is 18.5. The predicted octanol–water partition coefficient (Wildman–Crippen LogP) is 4.67. The molecule has 1 nitrogen and oxygen atoms in total. The second kappa shape index (κ2) is 5.84. The summed E-state index contributed by atoms with van der Waals surface area (Å²) in [5.41, 5.74) is 3.37. The van der Waals surface area contributed by atoms with Crippen LogP contribution in [0.2, 0.25) is 0 Å². The van der Waals surface area contributed by atoms with Crippen LogP contribution in [0.1, 0.15) is 28.5 Å². The van der Waals surface area contributed by atoms with Crippen molar-refractivity contribution < 1.29 is 9.13 Å². The highest BCUT2D eigenvalue weighted by molar-refractivity contribution is 6.20. The van der Waals surface area contributed by atoms with Gasteiger partial charge < -0.3 is 4.74 Å². The molecule has 0 spiro atoms. The van der Waals surface area contributed by atoms with E-state index in [1.165, 1.54) is 17.7 Å². The number of alkyl halides is 1. The lowest BCUT2D eigenvalue weighted by Crippen LogP contribution is -2.09. The lowest BCUT2D eigenvalue weighted by Gasteiger charge is -2.19. The van der Waals surface area contributed by atoms with Gasteiger partial charge in [-0.05, 0) is 54.2 Å². The van der Waals surface area contributed by atoms with Crippen LogP contribution in [0, 0.1) is 5.82 Å². The molecule has 0 aliphatic carbocycles. The summed E-state index contributed by atoms with van der Waals surface area (Å²) in [5, 5.41) is -0.104. The first-order valence-corrected chi connectivity index (χ1v) is 7.30. The summed E-state index contributed by atoms with van der Waals surface area (Å²) in [6, 6.07) is 12.7. The van der Waals surface area contributed by atoms with E-state index in [0.29, 0.717) is 6.42 Å². The van der Waals surface area contributed by atoms with Crippen molar-refractivity contribution in [2.24, 2.45) is 0 Å². The predicted molar refractivity (Wildman–Crippen MR) is 79.0 cm³/mol. The highest BCUT2D eigenvalue weighted by Crippen LogP contribution is 2.31. The Kier molecular flexibility index (Phi) is 3.93. The molecule has 2 aromatic rings. The molecule has 104 valence electrons. The molecule has 0 saturated carbocycles. The molecule has 3 heteroatoms. The summed E-state index contributed by atoms with van der Waals surface area (Å²) in [6.45, 7) is 0.798. The molecule has 1 heterocycles. The van der Waals surface area contributed by atoms with Crippen LogP contribution in [0.4, 0.5) is 4.39 Å². The smallest absolute Gasteiger partial charge is 0.123 e. The van der Waals surface area contributed by atoms with Crippen molar-refractivity contribution in [3.8, 4) is 5.75 Å². The Bertz CT molecular complexity index is 594. The fraction of sp³-hybridized carbons (Fsp3) is 0.294. The molecule has 0 N–H and O–H groups in total. The Morgan fingerprint density at radius 2 is 1.95 bits per heavy atom. The Hall–Kier alpha value is -1.54. The summed E-state index contributed by atoms with van der Waals surface area (Å²) in [7, 11) is 0. The van der Waals surface area contributed by atoms with Crippen LogP contribution in [0.5, 0.6) is 5.75 Å². The van der Waals surface area contributed by atoms with Crippen molar-refractivity contribution in [2.45, 2.75) is 24.6 Å². The van der Waals surface area contributed by atoms with Crippen LogP contribution in [0.15, 0.2) is 42.5 Å². The first-order valence-electron chi connectivity index (χ1n) is 6.86. The second-order valence-corrected chi connectivity index (χ2v) is 5.64. The van der Waals surface area contributed by atoms with Crippen LogP contribution >= 0.6 is 11.6 Å². The third-order valence-electron chi connectivity index (χ3n) is 3.62.